The van der Waals surface area contributed by atoms with Crippen LogP contribution in [0.1, 0.15) is 11.1 Å². The summed E-state index contributed by atoms with van der Waals surface area (Å²) in [5.74, 6) is 7.49. The zero-order valence-corrected chi connectivity index (χ0v) is 14.6. The lowest BCUT2D eigenvalue weighted by Crippen LogP contribution is -1.87. The van der Waals surface area contributed by atoms with Gasteiger partial charge in [-0.05, 0) is 64.4 Å². The molecule has 0 spiro atoms. The van der Waals surface area contributed by atoms with Gasteiger partial charge in [0.2, 0.25) is 0 Å². The maximum Gasteiger partial charge on any atom is 0.119 e. The van der Waals surface area contributed by atoms with E-state index in [-0.39, 0.29) is 0 Å². The van der Waals surface area contributed by atoms with E-state index in [9.17, 15) is 0 Å². The van der Waals surface area contributed by atoms with Crippen LogP contribution in [0.2, 0.25) is 0 Å². The highest BCUT2D eigenvalue weighted by molar-refractivity contribution is 5.93. The molecule has 0 aliphatic heterocycles. The van der Waals surface area contributed by atoms with Gasteiger partial charge in [0.1, 0.15) is 5.75 Å². The van der Waals surface area contributed by atoms with Gasteiger partial charge in [0.05, 0.1) is 7.11 Å². The Balaban J connectivity index is 1.91. The molecule has 0 bridgehead atoms. The monoisotopic (exact) mass is 334 g/mol. The van der Waals surface area contributed by atoms with Crippen molar-refractivity contribution < 1.29 is 4.74 Å². The minimum Gasteiger partial charge on any atom is -0.497 e. The lowest BCUT2D eigenvalue weighted by molar-refractivity contribution is 0.415. The number of methoxy groups -OCH3 is 1. The average molecular weight is 334 g/mol. The van der Waals surface area contributed by atoms with Gasteiger partial charge in [0, 0.05) is 11.1 Å². The molecular formula is C25H18O. The molecule has 0 unspecified atom stereocenters. The van der Waals surface area contributed by atoms with Crippen molar-refractivity contribution in [3.63, 3.8) is 0 Å². The third-order valence-corrected chi connectivity index (χ3v) is 4.38. The first kappa shape index (κ1) is 16.0. The van der Waals surface area contributed by atoms with Crippen molar-refractivity contribution in [1.29, 1.82) is 0 Å². The van der Waals surface area contributed by atoms with Gasteiger partial charge in [0.15, 0.2) is 0 Å². The Labute approximate surface area is 153 Å². The van der Waals surface area contributed by atoms with Crippen LogP contribution in [0.3, 0.4) is 0 Å². The summed E-state index contributed by atoms with van der Waals surface area (Å²) in [7, 11) is 1.69. The molecule has 1 nitrogen and oxygen atoms in total. The van der Waals surface area contributed by atoms with Crippen molar-refractivity contribution in [3.8, 4) is 28.7 Å². The van der Waals surface area contributed by atoms with Crippen LogP contribution < -0.4 is 4.74 Å². The van der Waals surface area contributed by atoms with Crippen LogP contribution in [0.5, 0.6) is 5.75 Å². The smallest absolute Gasteiger partial charge is 0.119 e. The number of hydrogen-bond donors (Lipinski definition) is 0. The van der Waals surface area contributed by atoms with Crippen LogP contribution in [0.15, 0.2) is 91.0 Å². The first-order valence-corrected chi connectivity index (χ1v) is 8.58. The van der Waals surface area contributed by atoms with Crippen molar-refractivity contribution in [1.82, 2.24) is 0 Å². The number of rotatable bonds is 2. The maximum atomic E-state index is 5.40. The first-order valence-electron chi connectivity index (χ1n) is 8.58. The van der Waals surface area contributed by atoms with Crippen LogP contribution in [0.4, 0.5) is 0 Å². The van der Waals surface area contributed by atoms with E-state index in [1.165, 1.54) is 5.56 Å². The molecule has 4 aromatic rings. The fraction of sp³-hybridized carbons (Fsp3) is 0.0400. The maximum absolute atomic E-state index is 5.40. The van der Waals surface area contributed by atoms with Crippen molar-refractivity contribution in [2.45, 2.75) is 0 Å². The van der Waals surface area contributed by atoms with Crippen LogP contribution >= 0.6 is 0 Å². The van der Waals surface area contributed by atoms with Gasteiger partial charge < -0.3 is 4.74 Å². The molecule has 0 aliphatic rings. The normalized spacial score (nSPS) is 10.2. The predicted molar refractivity (Wildman–Crippen MR) is 108 cm³/mol. The zero-order valence-electron chi connectivity index (χ0n) is 14.6. The van der Waals surface area contributed by atoms with E-state index in [1.54, 1.807) is 7.11 Å². The topological polar surface area (TPSA) is 9.23 Å². The minimum atomic E-state index is 0.852. The Bertz CT molecular complexity index is 1100. The highest BCUT2D eigenvalue weighted by atomic mass is 16.5. The predicted octanol–water partition coefficient (Wildman–Crippen LogP) is 5.92. The van der Waals surface area contributed by atoms with E-state index in [2.05, 4.69) is 60.4 Å². The molecule has 26 heavy (non-hydrogen) atoms. The lowest BCUT2D eigenvalue weighted by Gasteiger charge is -2.09. The summed E-state index contributed by atoms with van der Waals surface area (Å²) in [4.78, 5) is 0. The van der Waals surface area contributed by atoms with E-state index in [1.807, 2.05) is 42.5 Å². The van der Waals surface area contributed by atoms with Gasteiger partial charge >= 0.3 is 0 Å². The molecule has 4 aromatic carbocycles. The second-order valence-electron chi connectivity index (χ2n) is 6.09. The van der Waals surface area contributed by atoms with Crippen LogP contribution in [-0.2, 0) is 0 Å². The quantitative estimate of drug-likeness (QED) is 0.414. The van der Waals surface area contributed by atoms with Gasteiger partial charge in [-0.1, -0.05) is 60.4 Å². The summed E-state index contributed by atoms with van der Waals surface area (Å²) in [5, 5.41) is 2.26. The van der Waals surface area contributed by atoms with E-state index >= 15 is 0 Å². The molecule has 0 fully saturated rings. The van der Waals surface area contributed by atoms with E-state index < -0.39 is 0 Å². The fourth-order valence-electron chi connectivity index (χ4n) is 3.04. The van der Waals surface area contributed by atoms with E-state index in [4.69, 9.17) is 4.74 Å². The number of fused-ring (bicyclic) bond motifs is 1. The molecule has 0 saturated heterocycles. The van der Waals surface area contributed by atoms with Crippen molar-refractivity contribution >= 4 is 10.8 Å². The van der Waals surface area contributed by atoms with Crippen LogP contribution in [0.25, 0.3) is 21.9 Å². The SMILES string of the molecule is COc1ccc2c(C#Cc3ccccc3)cc(-c3ccccc3)cc2c1. The molecule has 124 valence electrons. The van der Waals surface area contributed by atoms with Gasteiger partial charge in [-0.15, -0.1) is 0 Å². The summed E-state index contributed by atoms with van der Waals surface area (Å²) < 4.78 is 5.40. The highest BCUT2D eigenvalue weighted by Gasteiger charge is 2.06. The van der Waals surface area contributed by atoms with E-state index in [0.29, 0.717) is 0 Å². The highest BCUT2D eigenvalue weighted by Crippen LogP contribution is 2.30. The van der Waals surface area contributed by atoms with Crippen molar-refractivity contribution in [3.05, 3.63) is 102 Å². The molecule has 0 radical (unpaired) electrons. The van der Waals surface area contributed by atoms with E-state index in [0.717, 1.165) is 33.2 Å². The molecule has 0 aromatic heterocycles. The zero-order chi connectivity index (χ0) is 17.8. The molecule has 0 amide bonds. The standard InChI is InChI=1S/C25H18O/c1-26-24-14-15-25-21(13-12-19-8-4-2-5-9-19)16-22(17-23(25)18-24)20-10-6-3-7-11-20/h2-11,14-18H,1H3. The molecule has 0 heterocycles. The summed E-state index contributed by atoms with van der Waals surface area (Å²) in [6.07, 6.45) is 0. The van der Waals surface area contributed by atoms with Gasteiger partial charge in [-0.25, -0.2) is 0 Å². The third kappa shape index (κ3) is 3.31. The van der Waals surface area contributed by atoms with Gasteiger partial charge in [0.25, 0.3) is 0 Å². The molecular weight excluding hydrogens is 316 g/mol. The summed E-state index contributed by atoms with van der Waals surface area (Å²) >= 11 is 0. The fourth-order valence-corrected chi connectivity index (χ4v) is 3.04. The lowest BCUT2D eigenvalue weighted by atomic mass is 9.96. The van der Waals surface area contributed by atoms with Crippen LogP contribution in [-0.4, -0.2) is 7.11 Å². The third-order valence-electron chi connectivity index (χ3n) is 4.38. The molecule has 0 atom stereocenters. The Morgan fingerprint density at radius 2 is 1.38 bits per heavy atom. The average Bonchev–Trinajstić information content (AvgIpc) is 2.72. The summed E-state index contributed by atoms with van der Waals surface area (Å²) in [6, 6.07) is 30.9. The minimum absolute atomic E-state index is 0.852. The largest absolute Gasteiger partial charge is 0.497 e. The van der Waals surface area contributed by atoms with Crippen LogP contribution in [0, 0.1) is 11.8 Å². The summed E-state index contributed by atoms with van der Waals surface area (Å²) in [5.41, 5.74) is 4.37. The number of hydrogen-bond acceptors (Lipinski definition) is 1. The molecule has 1 heteroatoms. The molecule has 4 rings (SSSR count). The Kier molecular flexibility index (Phi) is 4.41. The van der Waals surface area contributed by atoms with Gasteiger partial charge in [-0.2, -0.15) is 0 Å². The number of ether oxygens (including phenoxy) is 1. The van der Waals surface area contributed by atoms with Crippen molar-refractivity contribution in [2.75, 3.05) is 7.11 Å². The first-order chi connectivity index (χ1) is 12.8. The van der Waals surface area contributed by atoms with Gasteiger partial charge in [-0.3, -0.25) is 0 Å². The number of benzene rings is 4. The molecule has 0 aliphatic carbocycles. The summed E-state index contributed by atoms with van der Waals surface area (Å²) in [6.45, 7) is 0. The second-order valence-corrected chi connectivity index (χ2v) is 6.09. The molecule has 0 N–H and O–H groups in total. The Morgan fingerprint density at radius 1 is 0.654 bits per heavy atom. The second kappa shape index (κ2) is 7.17. The Hall–Kier alpha value is -3.50. The van der Waals surface area contributed by atoms with Crippen molar-refractivity contribution in [2.24, 2.45) is 0 Å². The molecule has 0 saturated carbocycles. The Morgan fingerprint density at radius 3 is 2.12 bits per heavy atom.